The number of nitrogens with zero attached hydrogens (tertiary/aromatic N) is 2. The number of hydrogen-bond acceptors (Lipinski definition) is 4. The molecular formula is C17H11F3N4O. The molecule has 8 heteroatoms. The minimum atomic E-state index is -0.768. The number of carbonyl (C=O) groups excluding carboxylic acids is 1. The Hall–Kier alpha value is -3.42. The van der Waals surface area contributed by atoms with Gasteiger partial charge in [0.1, 0.15) is 17.5 Å². The third-order valence-corrected chi connectivity index (χ3v) is 3.21. The fourth-order valence-corrected chi connectivity index (χ4v) is 1.98. The van der Waals surface area contributed by atoms with Crippen LogP contribution in [0.1, 0.15) is 10.4 Å². The summed E-state index contributed by atoms with van der Waals surface area (Å²) in [4.78, 5) is 12.0. The van der Waals surface area contributed by atoms with Crippen molar-refractivity contribution in [1.82, 2.24) is 10.2 Å². The van der Waals surface area contributed by atoms with Crippen LogP contribution in [0.3, 0.4) is 0 Å². The molecule has 0 spiro atoms. The second-order valence-corrected chi connectivity index (χ2v) is 5.01. The van der Waals surface area contributed by atoms with Crippen LogP contribution < -0.4 is 10.6 Å². The smallest absolute Gasteiger partial charge is 0.256 e. The Morgan fingerprint density at radius 2 is 1.44 bits per heavy atom. The van der Waals surface area contributed by atoms with Gasteiger partial charge in [-0.25, -0.2) is 13.2 Å². The number of anilines is 3. The van der Waals surface area contributed by atoms with Crippen molar-refractivity contribution in [2.45, 2.75) is 0 Å². The van der Waals surface area contributed by atoms with Crippen LogP contribution in [-0.4, -0.2) is 16.1 Å². The molecule has 1 aromatic heterocycles. The Morgan fingerprint density at radius 1 is 0.800 bits per heavy atom. The van der Waals surface area contributed by atoms with Crippen molar-refractivity contribution < 1.29 is 18.0 Å². The van der Waals surface area contributed by atoms with Crippen molar-refractivity contribution in [2.24, 2.45) is 0 Å². The van der Waals surface area contributed by atoms with Gasteiger partial charge in [-0.05, 0) is 48.5 Å². The summed E-state index contributed by atoms with van der Waals surface area (Å²) in [6.45, 7) is 0. The molecule has 0 saturated carbocycles. The molecule has 25 heavy (non-hydrogen) atoms. The van der Waals surface area contributed by atoms with Crippen LogP contribution in [0.5, 0.6) is 0 Å². The van der Waals surface area contributed by atoms with Gasteiger partial charge in [0.2, 0.25) is 0 Å². The SMILES string of the molecule is O=C(Nc1ccc(Nc2ccc(F)cc2F)nn1)c1ccc(F)cc1. The lowest BCUT2D eigenvalue weighted by Crippen LogP contribution is -2.13. The lowest BCUT2D eigenvalue weighted by molar-refractivity contribution is 0.102. The molecule has 0 saturated heterocycles. The first-order chi connectivity index (χ1) is 12.0. The molecule has 0 unspecified atom stereocenters. The van der Waals surface area contributed by atoms with Gasteiger partial charge in [0, 0.05) is 11.6 Å². The highest BCUT2D eigenvalue weighted by atomic mass is 19.1. The highest BCUT2D eigenvalue weighted by molar-refractivity contribution is 6.03. The van der Waals surface area contributed by atoms with Gasteiger partial charge in [-0.2, -0.15) is 0 Å². The largest absolute Gasteiger partial charge is 0.336 e. The number of rotatable bonds is 4. The van der Waals surface area contributed by atoms with E-state index >= 15 is 0 Å². The Kier molecular flexibility index (Phi) is 4.60. The molecule has 0 radical (unpaired) electrons. The van der Waals surface area contributed by atoms with E-state index in [1.807, 2.05) is 0 Å². The molecule has 1 heterocycles. The molecule has 0 aliphatic carbocycles. The van der Waals surface area contributed by atoms with E-state index in [0.717, 1.165) is 12.1 Å². The topological polar surface area (TPSA) is 66.9 Å². The van der Waals surface area contributed by atoms with Crippen molar-refractivity contribution in [3.05, 3.63) is 77.6 Å². The molecule has 3 rings (SSSR count). The molecule has 0 bridgehead atoms. The highest BCUT2D eigenvalue weighted by Gasteiger charge is 2.09. The summed E-state index contributed by atoms with van der Waals surface area (Å²) in [5.41, 5.74) is 0.303. The third kappa shape index (κ3) is 4.11. The second-order valence-electron chi connectivity index (χ2n) is 5.01. The van der Waals surface area contributed by atoms with Crippen LogP contribution in [0.15, 0.2) is 54.6 Å². The van der Waals surface area contributed by atoms with Crippen LogP contribution >= 0.6 is 0 Å². The number of benzene rings is 2. The van der Waals surface area contributed by atoms with E-state index < -0.39 is 23.4 Å². The van der Waals surface area contributed by atoms with E-state index in [-0.39, 0.29) is 22.9 Å². The molecule has 126 valence electrons. The monoisotopic (exact) mass is 344 g/mol. The number of aromatic nitrogens is 2. The molecule has 0 aliphatic heterocycles. The summed E-state index contributed by atoms with van der Waals surface area (Å²) >= 11 is 0. The van der Waals surface area contributed by atoms with Gasteiger partial charge >= 0.3 is 0 Å². The van der Waals surface area contributed by atoms with Crippen molar-refractivity contribution in [1.29, 1.82) is 0 Å². The second kappa shape index (κ2) is 7.00. The summed E-state index contributed by atoms with van der Waals surface area (Å²) in [5.74, 6) is -1.99. The number of nitrogens with one attached hydrogen (secondary N) is 2. The lowest BCUT2D eigenvalue weighted by Gasteiger charge is -2.07. The number of halogens is 3. The average Bonchev–Trinajstić information content (AvgIpc) is 2.59. The summed E-state index contributed by atoms with van der Waals surface area (Å²) in [5, 5.41) is 12.7. The minimum absolute atomic E-state index is 0.0406. The van der Waals surface area contributed by atoms with Crippen LogP contribution in [-0.2, 0) is 0 Å². The number of hydrogen-bond donors (Lipinski definition) is 2. The van der Waals surface area contributed by atoms with E-state index in [1.54, 1.807) is 0 Å². The fraction of sp³-hybridized carbons (Fsp3) is 0. The minimum Gasteiger partial charge on any atom is -0.336 e. The molecular weight excluding hydrogens is 333 g/mol. The zero-order chi connectivity index (χ0) is 17.8. The van der Waals surface area contributed by atoms with Crippen LogP contribution in [0.2, 0.25) is 0 Å². The molecule has 1 amide bonds. The first-order valence-corrected chi connectivity index (χ1v) is 7.14. The standard InChI is InChI=1S/C17H11F3N4O/c18-11-3-1-10(2-4-11)17(25)22-16-8-7-15(23-24-16)21-14-6-5-12(19)9-13(14)20/h1-9H,(H,21,23)(H,22,24,25). The quantitative estimate of drug-likeness (QED) is 0.753. The average molecular weight is 344 g/mol. The summed E-state index contributed by atoms with van der Waals surface area (Å²) in [6, 6.07) is 11.0. The van der Waals surface area contributed by atoms with Gasteiger partial charge in [-0.15, -0.1) is 10.2 Å². The first-order valence-electron chi connectivity index (χ1n) is 7.14. The number of amides is 1. The van der Waals surface area contributed by atoms with E-state index in [9.17, 15) is 18.0 Å². The van der Waals surface area contributed by atoms with Gasteiger partial charge in [-0.1, -0.05) is 0 Å². The van der Waals surface area contributed by atoms with Gasteiger partial charge < -0.3 is 10.6 Å². The van der Waals surface area contributed by atoms with Crippen molar-refractivity contribution in [3.8, 4) is 0 Å². The normalized spacial score (nSPS) is 10.4. The van der Waals surface area contributed by atoms with Crippen molar-refractivity contribution in [3.63, 3.8) is 0 Å². The maximum atomic E-state index is 13.6. The zero-order valence-corrected chi connectivity index (χ0v) is 12.6. The van der Waals surface area contributed by atoms with E-state index in [1.165, 1.54) is 42.5 Å². The predicted molar refractivity (Wildman–Crippen MR) is 86.0 cm³/mol. The van der Waals surface area contributed by atoms with Crippen molar-refractivity contribution in [2.75, 3.05) is 10.6 Å². The first kappa shape index (κ1) is 16.4. The summed E-state index contributed by atoms with van der Waals surface area (Å²) in [7, 11) is 0. The predicted octanol–water partition coefficient (Wildman–Crippen LogP) is 3.89. The molecule has 0 atom stereocenters. The van der Waals surface area contributed by atoms with Gasteiger partial charge in [0.15, 0.2) is 11.6 Å². The molecule has 3 aromatic rings. The van der Waals surface area contributed by atoms with E-state index in [4.69, 9.17) is 0 Å². The summed E-state index contributed by atoms with van der Waals surface area (Å²) < 4.78 is 39.3. The molecule has 2 aromatic carbocycles. The van der Waals surface area contributed by atoms with Crippen LogP contribution in [0.4, 0.5) is 30.5 Å². The number of carbonyl (C=O) groups is 1. The maximum absolute atomic E-state index is 13.6. The van der Waals surface area contributed by atoms with Gasteiger partial charge in [0.05, 0.1) is 5.69 Å². The summed E-state index contributed by atoms with van der Waals surface area (Å²) in [6.07, 6.45) is 0. The van der Waals surface area contributed by atoms with Crippen molar-refractivity contribution >= 4 is 23.2 Å². The maximum Gasteiger partial charge on any atom is 0.256 e. The molecule has 2 N–H and O–H groups in total. The fourth-order valence-electron chi connectivity index (χ4n) is 1.98. The Balaban J connectivity index is 1.67. The third-order valence-electron chi connectivity index (χ3n) is 3.21. The van der Waals surface area contributed by atoms with Crippen LogP contribution in [0.25, 0.3) is 0 Å². The van der Waals surface area contributed by atoms with Gasteiger partial charge in [-0.3, -0.25) is 4.79 Å². The Bertz CT molecular complexity index is 899. The molecule has 5 nitrogen and oxygen atoms in total. The van der Waals surface area contributed by atoms with Crippen LogP contribution in [0, 0.1) is 17.5 Å². The zero-order valence-electron chi connectivity index (χ0n) is 12.6. The van der Waals surface area contributed by atoms with E-state index in [2.05, 4.69) is 20.8 Å². The Labute approximate surface area is 140 Å². The lowest BCUT2D eigenvalue weighted by atomic mass is 10.2. The van der Waals surface area contributed by atoms with Gasteiger partial charge in [0.25, 0.3) is 5.91 Å². The van der Waals surface area contributed by atoms with E-state index in [0.29, 0.717) is 0 Å². The highest BCUT2D eigenvalue weighted by Crippen LogP contribution is 2.19. The molecule has 0 fully saturated rings. The molecule has 0 aliphatic rings. The Morgan fingerprint density at radius 3 is 2.08 bits per heavy atom.